The Labute approximate surface area is 184 Å². The van der Waals surface area contributed by atoms with Crippen molar-refractivity contribution in [1.82, 2.24) is 0 Å². The first-order valence-electron chi connectivity index (χ1n) is 11.1. The van der Waals surface area contributed by atoms with Crippen molar-refractivity contribution in [3.8, 4) is 11.5 Å². The Morgan fingerprint density at radius 2 is 1.81 bits per heavy atom. The minimum absolute atomic E-state index is 0.592. The lowest BCUT2D eigenvalue weighted by Gasteiger charge is -2.37. The summed E-state index contributed by atoms with van der Waals surface area (Å²) in [6.07, 6.45) is 9.14. The summed E-state index contributed by atoms with van der Waals surface area (Å²) in [5.41, 5.74) is 4.16. The third-order valence-corrected chi connectivity index (χ3v) is 6.77. The van der Waals surface area contributed by atoms with Gasteiger partial charge in [0.05, 0.1) is 7.11 Å². The van der Waals surface area contributed by atoms with Gasteiger partial charge in [-0.1, -0.05) is 24.3 Å². The van der Waals surface area contributed by atoms with Gasteiger partial charge in [-0.05, 0) is 91.6 Å². The number of rotatable bonds is 4. The fourth-order valence-electron chi connectivity index (χ4n) is 4.81. The van der Waals surface area contributed by atoms with Crippen LogP contribution in [0.2, 0.25) is 0 Å². The summed E-state index contributed by atoms with van der Waals surface area (Å²) in [4.78, 5) is 2.46. The summed E-state index contributed by atoms with van der Waals surface area (Å²) in [5.74, 6) is 1.77. The van der Waals surface area contributed by atoms with E-state index in [-0.39, 0.29) is 0 Å². The second kappa shape index (κ2) is 7.81. The summed E-state index contributed by atoms with van der Waals surface area (Å²) < 4.78 is 12.2. The zero-order valence-corrected chi connectivity index (χ0v) is 18.5. The number of hydrogen-bond donors (Lipinski definition) is 0. The SMILES string of the molecule is C/C=C(\C)C1(c2ccc(N3CCCC3)cc2)C=Cc2c(ccc3cc(OC)ccc23)O1. The maximum atomic E-state index is 6.79. The molecule has 3 aromatic carbocycles. The summed E-state index contributed by atoms with van der Waals surface area (Å²) in [5, 5.41) is 2.32. The zero-order valence-electron chi connectivity index (χ0n) is 18.5. The van der Waals surface area contributed by atoms with Gasteiger partial charge >= 0.3 is 0 Å². The van der Waals surface area contributed by atoms with Crippen LogP contribution in [-0.2, 0) is 5.60 Å². The molecule has 1 fully saturated rings. The summed E-state index contributed by atoms with van der Waals surface area (Å²) in [7, 11) is 1.70. The van der Waals surface area contributed by atoms with E-state index in [0.717, 1.165) is 41.1 Å². The number of benzene rings is 3. The van der Waals surface area contributed by atoms with Crippen LogP contribution in [-0.4, -0.2) is 20.2 Å². The van der Waals surface area contributed by atoms with Crippen LogP contribution < -0.4 is 14.4 Å². The van der Waals surface area contributed by atoms with E-state index >= 15 is 0 Å². The zero-order chi connectivity index (χ0) is 21.4. The molecule has 0 aliphatic carbocycles. The average molecular weight is 412 g/mol. The summed E-state index contributed by atoms with van der Waals surface area (Å²) in [6.45, 7) is 6.53. The van der Waals surface area contributed by atoms with Gasteiger partial charge < -0.3 is 14.4 Å². The van der Waals surface area contributed by atoms with Gasteiger partial charge in [0.2, 0.25) is 0 Å². The summed E-state index contributed by atoms with van der Waals surface area (Å²) >= 11 is 0. The second-order valence-electron chi connectivity index (χ2n) is 8.45. The molecule has 2 aliphatic rings. The molecule has 0 amide bonds. The van der Waals surface area contributed by atoms with Crippen LogP contribution in [0.15, 0.2) is 72.3 Å². The monoisotopic (exact) mass is 411 g/mol. The Bertz CT molecular complexity index is 1170. The number of ether oxygens (including phenoxy) is 2. The van der Waals surface area contributed by atoms with Crippen molar-refractivity contribution >= 4 is 22.5 Å². The molecule has 0 bridgehead atoms. The highest BCUT2D eigenvalue weighted by Crippen LogP contribution is 2.44. The Morgan fingerprint density at radius 3 is 2.52 bits per heavy atom. The summed E-state index contributed by atoms with van der Waals surface area (Å²) in [6, 6.07) is 19.3. The van der Waals surface area contributed by atoms with Gasteiger partial charge in [-0.25, -0.2) is 0 Å². The van der Waals surface area contributed by atoms with Crippen LogP contribution in [0.5, 0.6) is 11.5 Å². The van der Waals surface area contributed by atoms with Gasteiger partial charge in [0.1, 0.15) is 11.5 Å². The van der Waals surface area contributed by atoms with E-state index in [0.29, 0.717) is 0 Å². The third kappa shape index (κ3) is 3.29. The largest absolute Gasteiger partial charge is 0.497 e. The standard InChI is InChI=1S/C28H29NO2/c1-4-20(2)28(22-8-10-23(11-9-22)29-17-5-6-18-29)16-15-26-25-13-12-24(30-3)19-21(25)7-14-27(26)31-28/h4,7-16,19H,5-6,17-18H2,1-3H3/b20-4+. The molecule has 1 unspecified atom stereocenters. The van der Waals surface area contributed by atoms with Crippen molar-refractivity contribution < 1.29 is 9.47 Å². The van der Waals surface area contributed by atoms with E-state index in [1.54, 1.807) is 7.11 Å². The van der Waals surface area contributed by atoms with Gasteiger partial charge in [0.25, 0.3) is 0 Å². The molecular weight excluding hydrogens is 382 g/mol. The molecule has 5 rings (SSSR count). The maximum Gasteiger partial charge on any atom is 0.173 e. The molecule has 0 spiro atoms. The first-order valence-corrected chi connectivity index (χ1v) is 11.1. The van der Waals surface area contributed by atoms with Gasteiger partial charge in [0.15, 0.2) is 5.60 Å². The molecule has 1 saturated heterocycles. The maximum absolute atomic E-state index is 6.79. The van der Waals surface area contributed by atoms with Crippen molar-refractivity contribution in [3.05, 3.63) is 83.4 Å². The second-order valence-corrected chi connectivity index (χ2v) is 8.45. The highest BCUT2D eigenvalue weighted by molar-refractivity contribution is 5.94. The molecule has 158 valence electrons. The predicted molar refractivity (Wildman–Crippen MR) is 129 cm³/mol. The van der Waals surface area contributed by atoms with Crippen molar-refractivity contribution in [2.45, 2.75) is 32.3 Å². The lowest BCUT2D eigenvalue weighted by molar-refractivity contribution is 0.156. The molecule has 0 saturated carbocycles. The van der Waals surface area contributed by atoms with Crippen LogP contribution in [0.1, 0.15) is 37.8 Å². The van der Waals surface area contributed by atoms with E-state index < -0.39 is 5.60 Å². The molecule has 3 nitrogen and oxygen atoms in total. The van der Waals surface area contributed by atoms with Crippen LogP contribution in [0.4, 0.5) is 5.69 Å². The van der Waals surface area contributed by atoms with Crippen LogP contribution in [0, 0.1) is 0 Å². The van der Waals surface area contributed by atoms with E-state index in [2.05, 4.69) is 85.5 Å². The Morgan fingerprint density at radius 1 is 1.03 bits per heavy atom. The molecular formula is C28H29NO2. The topological polar surface area (TPSA) is 21.7 Å². The van der Waals surface area contributed by atoms with Gasteiger partial charge in [-0.15, -0.1) is 0 Å². The number of nitrogens with zero attached hydrogens (tertiary/aromatic N) is 1. The Balaban J connectivity index is 1.57. The van der Waals surface area contributed by atoms with Crippen molar-refractivity contribution in [2.24, 2.45) is 0 Å². The van der Waals surface area contributed by atoms with Crippen molar-refractivity contribution in [1.29, 1.82) is 0 Å². The van der Waals surface area contributed by atoms with E-state index in [4.69, 9.17) is 9.47 Å². The average Bonchev–Trinajstić information content (AvgIpc) is 3.37. The number of anilines is 1. The Kier molecular flexibility index (Phi) is 4.97. The quantitative estimate of drug-likeness (QED) is 0.445. The Hall–Kier alpha value is -3.20. The van der Waals surface area contributed by atoms with Crippen molar-refractivity contribution in [2.75, 3.05) is 25.1 Å². The molecule has 0 radical (unpaired) electrons. The number of hydrogen-bond acceptors (Lipinski definition) is 3. The number of methoxy groups -OCH3 is 1. The van der Waals surface area contributed by atoms with Crippen LogP contribution in [0.25, 0.3) is 16.8 Å². The molecule has 1 atom stereocenters. The highest BCUT2D eigenvalue weighted by atomic mass is 16.5. The van der Waals surface area contributed by atoms with E-state index in [1.807, 2.05) is 6.07 Å². The fraction of sp³-hybridized carbons (Fsp3) is 0.286. The molecule has 0 N–H and O–H groups in total. The molecule has 0 aromatic heterocycles. The van der Waals surface area contributed by atoms with E-state index in [9.17, 15) is 0 Å². The molecule has 3 aromatic rings. The smallest absolute Gasteiger partial charge is 0.173 e. The predicted octanol–water partition coefficient (Wildman–Crippen LogP) is 6.72. The number of allylic oxidation sites excluding steroid dienone is 1. The van der Waals surface area contributed by atoms with Crippen LogP contribution >= 0.6 is 0 Å². The number of fused-ring (bicyclic) bond motifs is 3. The first-order chi connectivity index (χ1) is 15.1. The van der Waals surface area contributed by atoms with E-state index in [1.165, 1.54) is 29.5 Å². The normalized spacial score (nSPS) is 20.6. The lowest BCUT2D eigenvalue weighted by atomic mass is 9.83. The third-order valence-electron chi connectivity index (χ3n) is 6.77. The minimum atomic E-state index is -0.592. The molecule has 3 heteroatoms. The van der Waals surface area contributed by atoms with Gasteiger partial charge in [-0.2, -0.15) is 0 Å². The molecule has 31 heavy (non-hydrogen) atoms. The van der Waals surface area contributed by atoms with Crippen molar-refractivity contribution in [3.63, 3.8) is 0 Å². The lowest BCUT2D eigenvalue weighted by Crippen LogP contribution is -2.34. The molecule has 2 aliphatic heterocycles. The fourth-order valence-corrected chi connectivity index (χ4v) is 4.81. The first kappa shape index (κ1) is 19.7. The minimum Gasteiger partial charge on any atom is -0.497 e. The van der Waals surface area contributed by atoms with Gasteiger partial charge in [0, 0.05) is 29.9 Å². The van der Waals surface area contributed by atoms with Crippen LogP contribution in [0.3, 0.4) is 0 Å². The highest BCUT2D eigenvalue weighted by Gasteiger charge is 2.37. The molecule has 2 heterocycles. The van der Waals surface area contributed by atoms with Gasteiger partial charge in [-0.3, -0.25) is 0 Å².